The molecule has 0 fully saturated rings. The summed E-state index contributed by atoms with van der Waals surface area (Å²) in [5.41, 5.74) is 3.88. The summed E-state index contributed by atoms with van der Waals surface area (Å²) in [4.78, 5) is 12.5. The van der Waals surface area contributed by atoms with Gasteiger partial charge in [-0.05, 0) is 18.3 Å². The largest absolute Gasteiger partial charge is 0.329 e. The molecule has 0 spiro atoms. The number of hydrogen-bond donors (Lipinski definition) is 1. The van der Waals surface area contributed by atoms with Crippen molar-refractivity contribution in [3.63, 3.8) is 0 Å². The van der Waals surface area contributed by atoms with Crippen molar-refractivity contribution in [2.45, 2.75) is 6.54 Å². The van der Waals surface area contributed by atoms with E-state index in [1.807, 2.05) is 17.8 Å². The Morgan fingerprint density at radius 1 is 1.38 bits per heavy atom. The number of imidazole rings is 1. The molecule has 1 N–H and O–H groups in total. The van der Waals surface area contributed by atoms with Crippen LogP contribution >= 0.6 is 23.6 Å². The highest BCUT2D eigenvalue weighted by Gasteiger charge is 2.05. The third-order valence-electron chi connectivity index (χ3n) is 2.37. The molecule has 80 valence electrons. The molecule has 0 bridgehead atoms. The summed E-state index contributed by atoms with van der Waals surface area (Å²) in [7, 11) is 0. The van der Waals surface area contributed by atoms with E-state index in [-0.39, 0.29) is 0 Å². The molecule has 4 nitrogen and oxygen atoms in total. The molecular formula is C10H8N4S2. The lowest BCUT2D eigenvalue weighted by molar-refractivity contribution is 0.821. The maximum Gasteiger partial charge on any atom is 0.178 e. The molecule has 3 heterocycles. The summed E-state index contributed by atoms with van der Waals surface area (Å²) < 4.78 is 2.77. The van der Waals surface area contributed by atoms with Crippen LogP contribution in [0.5, 0.6) is 0 Å². The van der Waals surface area contributed by atoms with Gasteiger partial charge in [-0.25, -0.2) is 0 Å². The molecule has 3 rings (SSSR count). The van der Waals surface area contributed by atoms with Crippen LogP contribution in [0.3, 0.4) is 0 Å². The maximum absolute atomic E-state index is 5.29. The van der Waals surface area contributed by atoms with E-state index in [4.69, 9.17) is 12.2 Å². The normalized spacial score (nSPS) is 11.0. The van der Waals surface area contributed by atoms with E-state index < -0.39 is 0 Å². The lowest BCUT2D eigenvalue weighted by Crippen LogP contribution is -1.97. The van der Waals surface area contributed by atoms with Crippen LogP contribution in [0, 0.1) is 4.77 Å². The molecule has 0 unspecified atom stereocenters. The number of H-pyrrole nitrogens is 1. The number of pyridine rings is 1. The first-order chi connectivity index (χ1) is 7.84. The average molecular weight is 248 g/mol. The molecular weight excluding hydrogens is 240 g/mol. The molecule has 0 aromatic carbocycles. The average Bonchev–Trinajstić information content (AvgIpc) is 2.89. The van der Waals surface area contributed by atoms with Crippen LogP contribution in [0.15, 0.2) is 30.2 Å². The van der Waals surface area contributed by atoms with Crippen LogP contribution in [0.2, 0.25) is 0 Å². The van der Waals surface area contributed by atoms with E-state index in [0.29, 0.717) is 0 Å². The Morgan fingerprint density at radius 2 is 2.31 bits per heavy atom. The van der Waals surface area contributed by atoms with Crippen LogP contribution in [0.4, 0.5) is 0 Å². The Hall–Kier alpha value is -1.53. The molecule has 0 radical (unpaired) electrons. The van der Waals surface area contributed by atoms with Gasteiger partial charge in [0.05, 0.1) is 29.3 Å². The summed E-state index contributed by atoms with van der Waals surface area (Å²) in [6, 6.07) is 1.96. The molecule has 0 atom stereocenters. The zero-order valence-corrected chi connectivity index (χ0v) is 9.88. The fourth-order valence-corrected chi connectivity index (χ4v) is 2.50. The zero-order chi connectivity index (χ0) is 11.0. The number of rotatable bonds is 2. The van der Waals surface area contributed by atoms with E-state index in [1.165, 1.54) is 4.88 Å². The minimum Gasteiger partial charge on any atom is -0.329 e. The van der Waals surface area contributed by atoms with Gasteiger partial charge in [0.1, 0.15) is 0 Å². The molecule has 6 heteroatoms. The highest BCUT2D eigenvalue weighted by atomic mass is 32.1. The summed E-state index contributed by atoms with van der Waals surface area (Å²) in [5.74, 6) is 0. The molecule has 0 saturated carbocycles. The minimum atomic E-state index is 0.719. The van der Waals surface area contributed by atoms with Crippen LogP contribution in [0.25, 0.3) is 11.0 Å². The lowest BCUT2D eigenvalue weighted by atomic mass is 10.4. The van der Waals surface area contributed by atoms with Gasteiger partial charge in [0.15, 0.2) is 4.77 Å². The van der Waals surface area contributed by atoms with Gasteiger partial charge >= 0.3 is 0 Å². The van der Waals surface area contributed by atoms with Crippen molar-refractivity contribution in [3.05, 3.63) is 39.8 Å². The molecule has 3 aromatic heterocycles. The minimum absolute atomic E-state index is 0.719. The van der Waals surface area contributed by atoms with E-state index in [2.05, 4.69) is 19.5 Å². The summed E-state index contributed by atoms with van der Waals surface area (Å²) in [6.07, 6.45) is 5.43. The summed E-state index contributed by atoms with van der Waals surface area (Å²) in [6.45, 7) is 0.757. The van der Waals surface area contributed by atoms with Crippen molar-refractivity contribution in [1.82, 2.24) is 19.5 Å². The second kappa shape index (κ2) is 3.80. The highest BCUT2D eigenvalue weighted by Crippen LogP contribution is 2.16. The predicted octanol–water partition coefficient (Wildman–Crippen LogP) is 2.60. The van der Waals surface area contributed by atoms with Crippen molar-refractivity contribution in [2.75, 3.05) is 0 Å². The van der Waals surface area contributed by atoms with Crippen LogP contribution in [-0.4, -0.2) is 19.5 Å². The summed E-state index contributed by atoms with van der Waals surface area (Å²) >= 11 is 6.92. The van der Waals surface area contributed by atoms with Gasteiger partial charge < -0.3 is 9.55 Å². The van der Waals surface area contributed by atoms with Gasteiger partial charge in [-0.2, -0.15) is 0 Å². The fraction of sp³-hybridized carbons (Fsp3) is 0.100. The van der Waals surface area contributed by atoms with Gasteiger partial charge in [0.2, 0.25) is 0 Å². The SMILES string of the molecule is S=c1[nH]c2cnccc2n1Cc1cncs1. The van der Waals surface area contributed by atoms with E-state index >= 15 is 0 Å². The van der Waals surface area contributed by atoms with Crippen molar-refractivity contribution in [2.24, 2.45) is 0 Å². The number of nitrogens with one attached hydrogen (secondary N) is 1. The second-order valence-electron chi connectivity index (χ2n) is 3.38. The first-order valence-corrected chi connectivity index (χ1v) is 6.03. The van der Waals surface area contributed by atoms with Crippen molar-refractivity contribution in [3.8, 4) is 0 Å². The standard InChI is InChI=1S/C10H8N4S2/c15-10-13-8-4-11-2-1-9(8)14(10)5-7-3-12-6-16-7/h1-4,6H,5H2,(H,13,15). The molecule has 0 saturated heterocycles. The fourth-order valence-electron chi connectivity index (χ4n) is 1.64. The third-order valence-corrected chi connectivity index (χ3v) is 3.46. The Morgan fingerprint density at radius 3 is 3.12 bits per heavy atom. The van der Waals surface area contributed by atoms with Gasteiger partial charge in [-0.1, -0.05) is 0 Å². The van der Waals surface area contributed by atoms with Crippen molar-refractivity contribution in [1.29, 1.82) is 0 Å². The van der Waals surface area contributed by atoms with Gasteiger partial charge in [-0.15, -0.1) is 11.3 Å². The van der Waals surface area contributed by atoms with Crippen molar-refractivity contribution < 1.29 is 0 Å². The topological polar surface area (TPSA) is 46.5 Å². The Labute approximate surface area is 101 Å². The van der Waals surface area contributed by atoms with Gasteiger partial charge in [-0.3, -0.25) is 9.97 Å². The molecule has 0 amide bonds. The molecule has 3 aromatic rings. The monoisotopic (exact) mass is 248 g/mol. The van der Waals surface area contributed by atoms with Crippen LogP contribution in [0.1, 0.15) is 4.88 Å². The van der Waals surface area contributed by atoms with E-state index in [1.54, 1.807) is 23.7 Å². The van der Waals surface area contributed by atoms with Crippen LogP contribution < -0.4 is 0 Å². The Kier molecular flexibility index (Phi) is 2.30. The molecule has 16 heavy (non-hydrogen) atoms. The molecule has 0 aliphatic rings. The highest BCUT2D eigenvalue weighted by molar-refractivity contribution is 7.71. The second-order valence-corrected chi connectivity index (χ2v) is 4.73. The molecule has 0 aliphatic carbocycles. The zero-order valence-electron chi connectivity index (χ0n) is 8.25. The Balaban J connectivity index is 2.16. The molecule has 0 aliphatic heterocycles. The van der Waals surface area contributed by atoms with E-state index in [0.717, 1.165) is 22.3 Å². The quantitative estimate of drug-likeness (QED) is 0.709. The Bertz CT molecular complexity index is 666. The number of aromatic nitrogens is 4. The van der Waals surface area contributed by atoms with Gasteiger partial charge in [0, 0.05) is 17.3 Å². The number of fused-ring (bicyclic) bond motifs is 1. The van der Waals surface area contributed by atoms with Crippen LogP contribution in [-0.2, 0) is 6.54 Å². The lowest BCUT2D eigenvalue weighted by Gasteiger charge is -2.00. The number of aromatic amines is 1. The maximum atomic E-state index is 5.29. The summed E-state index contributed by atoms with van der Waals surface area (Å²) in [5, 5.41) is 0. The number of hydrogen-bond acceptors (Lipinski definition) is 4. The predicted molar refractivity (Wildman–Crippen MR) is 66.1 cm³/mol. The van der Waals surface area contributed by atoms with E-state index in [9.17, 15) is 0 Å². The van der Waals surface area contributed by atoms with Crippen molar-refractivity contribution >= 4 is 34.6 Å². The number of nitrogens with zero attached hydrogens (tertiary/aromatic N) is 3. The first-order valence-electron chi connectivity index (χ1n) is 4.74. The number of thiazole rings is 1. The third kappa shape index (κ3) is 1.56. The smallest absolute Gasteiger partial charge is 0.178 e. The van der Waals surface area contributed by atoms with Gasteiger partial charge in [0.25, 0.3) is 0 Å². The first kappa shape index (κ1) is 9.68.